The summed E-state index contributed by atoms with van der Waals surface area (Å²) < 4.78 is 13.2. The van der Waals surface area contributed by atoms with E-state index in [-0.39, 0.29) is 12.4 Å². The van der Waals surface area contributed by atoms with Gasteiger partial charge in [-0.05, 0) is 37.5 Å². The smallest absolute Gasteiger partial charge is 0.191 e. The minimum absolute atomic E-state index is 0.288. The molecule has 0 aromatic heterocycles. The zero-order valence-corrected chi connectivity index (χ0v) is 11.1. The first-order valence-electron chi connectivity index (χ1n) is 6.66. The van der Waals surface area contributed by atoms with Crippen LogP contribution in [0.4, 0.5) is 4.39 Å². The molecular weight excluding hydrogens is 245 g/mol. The van der Waals surface area contributed by atoms with Gasteiger partial charge in [-0.1, -0.05) is 6.07 Å². The summed E-state index contributed by atoms with van der Waals surface area (Å²) in [6, 6.07) is 5.26. The van der Waals surface area contributed by atoms with Gasteiger partial charge in [-0.3, -0.25) is 0 Å². The van der Waals surface area contributed by atoms with Gasteiger partial charge >= 0.3 is 0 Å². The molecule has 0 amide bonds. The Bertz CT molecular complexity index is 458. The van der Waals surface area contributed by atoms with Crippen molar-refractivity contribution < 1.29 is 9.50 Å². The second kappa shape index (κ2) is 6.52. The van der Waals surface area contributed by atoms with Crippen LogP contribution in [0.15, 0.2) is 23.2 Å². The molecule has 0 spiro atoms. The molecule has 1 fully saturated rings. The fraction of sp³-hybridized carbons (Fsp3) is 0.500. The van der Waals surface area contributed by atoms with Crippen molar-refractivity contribution in [1.29, 1.82) is 0 Å². The monoisotopic (exact) mass is 265 g/mol. The average Bonchev–Trinajstić information content (AvgIpc) is 3.21. The van der Waals surface area contributed by atoms with Gasteiger partial charge in [0.05, 0.1) is 13.2 Å². The molecule has 1 aromatic rings. The lowest BCUT2D eigenvalue weighted by atomic mass is 10.1. The molecule has 0 radical (unpaired) electrons. The van der Waals surface area contributed by atoms with E-state index in [1.807, 2.05) is 6.92 Å². The van der Waals surface area contributed by atoms with Crippen molar-refractivity contribution >= 4 is 5.96 Å². The fourth-order valence-electron chi connectivity index (χ4n) is 1.76. The van der Waals surface area contributed by atoms with Gasteiger partial charge < -0.3 is 15.7 Å². The van der Waals surface area contributed by atoms with Crippen LogP contribution < -0.4 is 10.6 Å². The third-order valence-electron chi connectivity index (χ3n) is 2.96. The number of hydrogen-bond acceptors (Lipinski definition) is 2. The molecule has 19 heavy (non-hydrogen) atoms. The molecule has 1 aliphatic rings. The number of aliphatic hydroxyl groups is 1. The number of aliphatic imine (C=N–C) groups is 1. The van der Waals surface area contributed by atoms with E-state index in [0.717, 1.165) is 18.1 Å². The summed E-state index contributed by atoms with van der Waals surface area (Å²) in [7, 11) is 0. The lowest BCUT2D eigenvalue weighted by molar-refractivity contribution is 0.275. The molecule has 0 atom stereocenters. The number of benzene rings is 1. The minimum Gasteiger partial charge on any atom is -0.392 e. The van der Waals surface area contributed by atoms with Gasteiger partial charge in [0.25, 0.3) is 0 Å². The number of nitrogens with zero attached hydrogens (tertiary/aromatic N) is 1. The minimum atomic E-state index is -0.377. The van der Waals surface area contributed by atoms with Crippen molar-refractivity contribution in [3.8, 4) is 0 Å². The summed E-state index contributed by atoms with van der Waals surface area (Å²) in [5, 5.41) is 15.5. The molecule has 1 aliphatic carbocycles. The summed E-state index contributed by atoms with van der Waals surface area (Å²) in [6.45, 7) is 3.01. The van der Waals surface area contributed by atoms with E-state index in [1.54, 1.807) is 12.1 Å². The summed E-state index contributed by atoms with van der Waals surface area (Å²) in [4.78, 5) is 4.46. The summed E-state index contributed by atoms with van der Waals surface area (Å²) in [5.74, 6) is 0.415. The molecule has 1 aromatic carbocycles. The maximum Gasteiger partial charge on any atom is 0.191 e. The molecule has 5 heteroatoms. The molecule has 0 bridgehead atoms. The Morgan fingerprint density at radius 2 is 2.26 bits per heavy atom. The van der Waals surface area contributed by atoms with Crippen LogP contribution in [-0.2, 0) is 13.2 Å². The first kappa shape index (κ1) is 13.8. The first-order chi connectivity index (χ1) is 9.22. The van der Waals surface area contributed by atoms with E-state index >= 15 is 0 Å². The zero-order valence-electron chi connectivity index (χ0n) is 11.1. The average molecular weight is 265 g/mol. The van der Waals surface area contributed by atoms with E-state index in [1.165, 1.54) is 18.9 Å². The van der Waals surface area contributed by atoms with Gasteiger partial charge in [-0.2, -0.15) is 0 Å². The molecule has 0 saturated heterocycles. The van der Waals surface area contributed by atoms with Crippen LogP contribution in [0.2, 0.25) is 0 Å². The molecule has 0 heterocycles. The normalized spacial score (nSPS) is 15.4. The van der Waals surface area contributed by atoms with Crippen molar-refractivity contribution in [3.05, 3.63) is 35.1 Å². The van der Waals surface area contributed by atoms with Crippen LogP contribution in [0.25, 0.3) is 0 Å². The molecule has 0 unspecified atom stereocenters. The number of aliphatic hydroxyl groups excluding tert-OH is 1. The molecule has 0 aliphatic heterocycles. The third kappa shape index (κ3) is 4.21. The number of halogens is 1. The Morgan fingerprint density at radius 1 is 1.47 bits per heavy atom. The standard InChI is InChI=1S/C14H20FN3O/c1-2-16-14(18-12-4-5-12)17-8-10-3-6-13(15)11(7-10)9-19/h3,6-7,12,19H,2,4-5,8-9H2,1H3,(H2,16,17,18). The SMILES string of the molecule is CCNC(=NCc1ccc(F)c(CO)c1)NC1CC1. The van der Waals surface area contributed by atoms with Gasteiger partial charge in [0, 0.05) is 18.2 Å². The van der Waals surface area contributed by atoms with Crippen molar-refractivity contribution in [1.82, 2.24) is 10.6 Å². The fourth-order valence-corrected chi connectivity index (χ4v) is 1.76. The van der Waals surface area contributed by atoms with Crippen LogP contribution in [0.3, 0.4) is 0 Å². The predicted octanol–water partition coefficient (Wildman–Crippen LogP) is 1.54. The van der Waals surface area contributed by atoms with E-state index in [9.17, 15) is 4.39 Å². The van der Waals surface area contributed by atoms with Gasteiger partial charge in [0.1, 0.15) is 5.82 Å². The maximum atomic E-state index is 13.2. The van der Waals surface area contributed by atoms with Gasteiger partial charge in [-0.25, -0.2) is 9.38 Å². The van der Waals surface area contributed by atoms with Gasteiger partial charge in [-0.15, -0.1) is 0 Å². The molecular formula is C14H20FN3O. The molecule has 104 valence electrons. The molecule has 3 N–H and O–H groups in total. The third-order valence-corrected chi connectivity index (χ3v) is 2.96. The van der Waals surface area contributed by atoms with E-state index < -0.39 is 0 Å². The summed E-state index contributed by atoms with van der Waals surface area (Å²) >= 11 is 0. The zero-order chi connectivity index (χ0) is 13.7. The van der Waals surface area contributed by atoms with Gasteiger partial charge in [0.15, 0.2) is 5.96 Å². The van der Waals surface area contributed by atoms with Crippen LogP contribution in [0.1, 0.15) is 30.9 Å². The topological polar surface area (TPSA) is 56.7 Å². The summed E-state index contributed by atoms with van der Waals surface area (Å²) in [6.07, 6.45) is 2.38. The van der Waals surface area contributed by atoms with Crippen LogP contribution in [-0.4, -0.2) is 23.7 Å². The highest BCUT2D eigenvalue weighted by atomic mass is 19.1. The number of guanidine groups is 1. The van der Waals surface area contributed by atoms with Crippen LogP contribution >= 0.6 is 0 Å². The highest BCUT2D eigenvalue weighted by molar-refractivity contribution is 5.80. The van der Waals surface area contributed by atoms with Crippen molar-refractivity contribution in [3.63, 3.8) is 0 Å². The van der Waals surface area contributed by atoms with E-state index in [2.05, 4.69) is 15.6 Å². The highest BCUT2D eigenvalue weighted by Crippen LogP contribution is 2.18. The van der Waals surface area contributed by atoms with Gasteiger partial charge in [0.2, 0.25) is 0 Å². The van der Waals surface area contributed by atoms with Crippen molar-refractivity contribution in [2.24, 2.45) is 4.99 Å². The maximum absolute atomic E-state index is 13.2. The number of hydrogen-bond donors (Lipinski definition) is 3. The Balaban J connectivity index is 2.01. The Labute approximate surface area is 112 Å². The largest absolute Gasteiger partial charge is 0.392 e. The Hall–Kier alpha value is -1.62. The second-order valence-corrected chi connectivity index (χ2v) is 4.70. The van der Waals surface area contributed by atoms with Crippen LogP contribution in [0.5, 0.6) is 0 Å². The summed E-state index contributed by atoms with van der Waals surface area (Å²) in [5.41, 5.74) is 1.20. The number of rotatable bonds is 5. The Kier molecular flexibility index (Phi) is 4.74. The molecule has 1 saturated carbocycles. The molecule has 4 nitrogen and oxygen atoms in total. The highest BCUT2D eigenvalue weighted by Gasteiger charge is 2.21. The van der Waals surface area contributed by atoms with E-state index in [4.69, 9.17) is 5.11 Å². The van der Waals surface area contributed by atoms with Crippen LogP contribution in [0, 0.1) is 5.82 Å². The molecule has 2 rings (SSSR count). The lowest BCUT2D eigenvalue weighted by Gasteiger charge is -2.10. The predicted molar refractivity (Wildman–Crippen MR) is 73.3 cm³/mol. The quantitative estimate of drug-likeness (QED) is 0.559. The number of nitrogens with one attached hydrogen (secondary N) is 2. The Morgan fingerprint density at radius 3 is 2.89 bits per heavy atom. The second-order valence-electron chi connectivity index (χ2n) is 4.70. The van der Waals surface area contributed by atoms with Crippen molar-refractivity contribution in [2.75, 3.05) is 6.54 Å². The first-order valence-corrected chi connectivity index (χ1v) is 6.66. The van der Waals surface area contributed by atoms with Crippen molar-refractivity contribution in [2.45, 2.75) is 39.0 Å². The lowest BCUT2D eigenvalue weighted by Crippen LogP contribution is -2.38. The van der Waals surface area contributed by atoms with E-state index in [0.29, 0.717) is 18.2 Å².